The highest BCUT2D eigenvalue weighted by Crippen LogP contribution is 2.43. The molecule has 0 unspecified atom stereocenters. The third-order valence-corrected chi connectivity index (χ3v) is 6.83. The van der Waals surface area contributed by atoms with Gasteiger partial charge in [0.05, 0.1) is 5.02 Å². The highest BCUT2D eigenvalue weighted by molar-refractivity contribution is 6.32. The minimum absolute atomic E-state index is 0.00271. The summed E-state index contributed by atoms with van der Waals surface area (Å²) in [6.45, 7) is 1.50. The summed E-state index contributed by atoms with van der Waals surface area (Å²) in [5, 5.41) is 50.4. The number of anilines is 2. The number of phenols is 1. The zero-order valence-corrected chi connectivity index (χ0v) is 20.8. The molecule has 2 heterocycles. The maximum Gasteiger partial charge on any atom is 0.335 e. The van der Waals surface area contributed by atoms with Crippen LogP contribution in [0.15, 0.2) is 30.3 Å². The van der Waals surface area contributed by atoms with Gasteiger partial charge in [-0.3, -0.25) is 0 Å². The molecular formula is C25H31ClN2O8. The molecule has 5 atom stereocenters. The van der Waals surface area contributed by atoms with Gasteiger partial charge in [-0.2, -0.15) is 0 Å². The molecule has 196 valence electrons. The van der Waals surface area contributed by atoms with Crippen molar-refractivity contribution in [1.29, 1.82) is 0 Å². The number of aliphatic carboxylic acids is 1. The molecule has 10 nitrogen and oxygen atoms in total. The number of carbonyl (C=O) groups is 1. The first-order valence-corrected chi connectivity index (χ1v) is 12.1. The third kappa shape index (κ3) is 5.24. The molecule has 0 aliphatic carbocycles. The molecule has 1 fully saturated rings. The van der Waals surface area contributed by atoms with Crippen LogP contribution in [0.5, 0.6) is 11.5 Å². The van der Waals surface area contributed by atoms with E-state index in [2.05, 4.69) is 9.80 Å². The highest BCUT2D eigenvalue weighted by Gasteiger charge is 2.48. The first-order chi connectivity index (χ1) is 17.1. The number of rotatable bonds is 7. The number of hydrogen-bond donors (Lipinski definition) is 5. The Morgan fingerprint density at radius 2 is 1.89 bits per heavy atom. The topological polar surface area (TPSA) is 143 Å². The number of benzene rings is 2. The Hall–Kier alpha value is -2.60. The summed E-state index contributed by atoms with van der Waals surface area (Å²) in [5.41, 5.74) is 3.40. The van der Waals surface area contributed by atoms with E-state index in [1.165, 1.54) is 0 Å². The third-order valence-electron chi connectivity index (χ3n) is 6.53. The second kappa shape index (κ2) is 10.8. The van der Waals surface area contributed by atoms with Crippen LogP contribution in [-0.2, 0) is 22.4 Å². The van der Waals surface area contributed by atoms with E-state index >= 15 is 0 Å². The Balaban J connectivity index is 1.70. The summed E-state index contributed by atoms with van der Waals surface area (Å²) in [6.07, 6.45) is -6.58. The van der Waals surface area contributed by atoms with Gasteiger partial charge in [-0.05, 0) is 69.7 Å². The van der Waals surface area contributed by atoms with E-state index in [-0.39, 0.29) is 10.8 Å². The van der Waals surface area contributed by atoms with Crippen molar-refractivity contribution < 1.29 is 39.8 Å². The molecule has 5 N–H and O–H groups in total. The number of carboxylic acid groups (broad SMARTS) is 1. The maximum absolute atomic E-state index is 11.5. The highest BCUT2D eigenvalue weighted by atomic mass is 35.5. The molecule has 0 amide bonds. The number of aryl methyl sites for hydroxylation is 1. The Kier molecular flexibility index (Phi) is 7.93. The zero-order chi connectivity index (χ0) is 26.1. The van der Waals surface area contributed by atoms with Crippen LogP contribution in [0.1, 0.15) is 17.5 Å². The summed E-state index contributed by atoms with van der Waals surface area (Å²) < 4.78 is 11.3. The van der Waals surface area contributed by atoms with Gasteiger partial charge >= 0.3 is 5.97 Å². The van der Waals surface area contributed by atoms with Gasteiger partial charge in [0.1, 0.15) is 29.8 Å². The molecule has 2 aliphatic rings. The largest absolute Gasteiger partial charge is 0.506 e. The Morgan fingerprint density at radius 1 is 1.14 bits per heavy atom. The van der Waals surface area contributed by atoms with E-state index in [0.717, 1.165) is 35.5 Å². The molecule has 0 spiro atoms. The number of aliphatic hydroxyl groups is 3. The lowest BCUT2D eigenvalue weighted by molar-refractivity contribution is -0.271. The van der Waals surface area contributed by atoms with Crippen LogP contribution < -0.4 is 9.64 Å². The summed E-state index contributed by atoms with van der Waals surface area (Å²) in [7, 11) is 3.99. The maximum atomic E-state index is 11.5. The normalized spacial score (nSPS) is 25.8. The van der Waals surface area contributed by atoms with E-state index in [1.807, 2.05) is 20.2 Å². The molecule has 2 aliphatic heterocycles. The van der Waals surface area contributed by atoms with Gasteiger partial charge in [0.15, 0.2) is 6.10 Å². The van der Waals surface area contributed by atoms with Crippen LogP contribution >= 0.6 is 11.6 Å². The summed E-state index contributed by atoms with van der Waals surface area (Å²) in [5.74, 6) is -1.13. The van der Waals surface area contributed by atoms with Gasteiger partial charge in [0, 0.05) is 23.5 Å². The molecule has 0 radical (unpaired) electrons. The Labute approximate surface area is 213 Å². The number of fused-ring (bicyclic) bond motifs is 2. The standard InChI is InChI=1S/C25H31ClN2O8/c1-27(2)9-4-10-28-16-5-3-6-19(14(16)8-7-13-11-18(29)15(26)12-17(13)28)35-25-22(32)20(30)21(31)23(36-25)24(33)34/h3,5-6,11-12,20-23,25,29-32H,4,7-10H2,1-2H3,(H,33,34)/t20-,21-,22+,23-,25+/m0/s1. The average Bonchev–Trinajstić information content (AvgIpc) is 2.97. The lowest BCUT2D eigenvalue weighted by atomic mass is 9.99. The van der Waals surface area contributed by atoms with E-state index in [9.17, 15) is 30.3 Å². The van der Waals surface area contributed by atoms with Crippen molar-refractivity contribution in [3.05, 3.63) is 46.5 Å². The van der Waals surface area contributed by atoms with Crippen LogP contribution in [-0.4, -0.2) is 94.3 Å². The van der Waals surface area contributed by atoms with Gasteiger partial charge in [0.2, 0.25) is 6.29 Å². The first-order valence-electron chi connectivity index (χ1n) is 11.7. The zero-order valence-electron chi connectivity index (χ0n) is 20.0. The molecule has 4 rings (SSSR count). The second-order valence-electron chi connectivity index (χ2n) is 9.35. The quantitative estimate of drug-likeness (QED) is 0.363. The summed E-state index contributed by atoms with van der Waals surface area (Å²) >= 11 is 6.27. The van der Waals surface area contributed by atoms with Crippen molar-refractivity contribution in [2.75, 3.05) is 32.1 Å². The lowest BCUT2D eigenvalue weighted by Gasteiger charge is -2.38. The molecule has 2 aromatic carbocycles. The van der Waals surface area contributed by atoms with E-state index < -0.39 is 36.7 Å². The van der Waals surface area contributed by atoms with Gasteiger partial charge in [-0.15, -0.1) is 0 Å². The minimum Gasteiger partial charge on any atom is -0.506 e. The van der Waals surface area contributed by atoms with Crippen LogP contribution in [0.4, 0.5) is 11.4 Å². The molecule has 2 aromatic rings. The molecule has 0 saturated carbocycles. The number of ether oxygens (including phenoxy) is 2. The Morgan fingerprint density at radius 3 is 2.58 bits per heavy atom. The molecule has 0 aromatic heterocycles. The van der Waals surface area contributed by atoms with Crippen LogP contribution in [0.2, 0.25) is 5.02 Å². The van der Waals surface area contributed by atoms with Crippen LogP contribution in [0.3, 0.4) is 0 Å². The first kappa shape index (κ1) is 26.5. The van der Waals surface area contributed by atoms with E-state index in [0.29, 0.717) is 25.1 Å². The van der Waals surface area contributed by atoms with Crippen molar-refractivity contribution in [3.63, 3.8) is 0 Å². The van der Waals surface area contributed by atoms with Crippen LogP contribution in [0, 0.1) is 0 Å². The SMILES string of the molecule is CN(C)CCCN1c2cc(Cl)c(O)cc2CCc2c(O[C@@H]3O[C@H](C(=O)O)[C@@H](O)[C@H](O)[C@H]3O)cccc21. The summed E-state index contributed by atoms with van der Waals surface area (Å²) in [4.78, 5) is 15.7. The van der Waals surface area contributed by atoms with E-state index in [4.69, 9.17) is 21.1 Å². The second-order valence-corrected chi connectivity index (χ2v) is 9.75. The van der Waals surface area contributed by atoms with Gasteiger partial charge in [0.25, 0.3) is 0 Å². The van der Waals surface area contributed by atoms with Crippen molar-refractivity contribution in [2.24, 2.45) is 0 Å². The fourth-order valence-corrected chi connectivity index (χ4v) is 4.82. The van der Waals surface area contributed by atoms with Gasteiger partial charge in [-0.1, -0.05) is 17.7 Å². The summed E-state index contributed by atoms with van der Waals surface area (Å²) in [6, 6.07) is 8.79. The number of carboxylic acids is 1. The smallest absolute Gasteiger partial charge is 0.335 e. The molecule has 1 saturated heterocycles. The minimum atomic E-state index is -1.80. The van der Waals surface area contributed by atoms with Gasteiger partial charge in [-0.25, -0.2) is 4.79 Å². The van der Waals surface area contributed by atoms with Crippen LogP contribution in [0.25, 0.3) is 0 Å². The number of hydrogen-bond acceptors (Lipinski definition) is 9. The lowest BCUT2D eigenvalue weighted by Crippen LogP contribution is -2.61. The fourth-order valence-electron chi connectivity index (χ4n) is 4.66. The molecular weight excluding hydrogens is 492 g/mol. The van der Waals surface area contributed by atoms with Crippen molar-refractivity contribution in [2.45, 2.75) is 50.0 Å². The molecule has 0 bridgehead atoms. The van der Waals surface area contributed by atoms with Gasteiger partial charge < -0.3 is 44.8 Å². The average molecular weight is 523 g/mol. The molecule has 11 heteroatoms. The van der Waals surface area contributed by atoms with Crippen molar-refractivity contribution >= 4 is 28.9 Å². The fraction of sp³-hybridized carbons (Fsp3) is 0.480. The number of aromatic hydroxyl groups is 1. The predicted molar refractivity (Wildman–Crippen MR) is 132 cm³/mol. The van der Waals surface area contributed by atoms with Crippen molar-refractivity contribution in [3.8, 4) is 11.5 Å². The monoisotopic (exact) mass is 522 g/mol. The predicted octanol–water partition coefficient (Wildman–Crippen LogP) is 1.50. The van der Waals surface area contributed by atoms with Crippen molar-refractivity contribution in [1.82, 2.24) is 4.90 Å². The number of nitrogens with zero attached hydrogens (tertiary/aromatic N) is 2. The Bertz CT molecular complexity index is 1110. The number of phenolic OH excluding ortho intramolecular Hbond substituents is 1. The number of halogens is 1. The number of aliphatic hydroxyl groups excluding tert-OH is 3. The van der Waals surface area contributed by atoms with E-state index in [1.54, 1.807) is 24.3 Å². The molecule has 36 heavy (non-hydrogen) atoms.